The fraction of sp³-hybridized carbons (Fsp3) is 0.364. The van der Waals surface area contributed by atoms with Gasteiger partial charge in [0.05, 0.1) is 56.6 Å². The molecule has 0 radical (unpaired) electrons. The number of hydrogen-bond donors (Lipinski definition) is 1. The summed E-state index contributed by atoms with van der Waals surface area (Å²) in [5.74, 6) is -0.535. The van der Waals surface area contributed by atoms with E-state index in [1.165, 1.54) is 30.0 Å². The van der Waals surface area contributed by atoms with E-state index in [1.54, 1.807) is 31.5 Å². The normalized spacial score (nSPS) is 12.2. The molecule has 0 spiro atoms. The van der Waals surface area contributed by atoms with E-state index >= 15 is 4.39 Å². The predicted molar refractivity (Wildman–Crippen MR) is 184 cm³/mol. The molecule has 4 rings (SSSR count). The minimum absolute atomic E-state index is 0. The third-order valence-electron chi connectivity index (χ3n) is 7.40. The van der Waals surface area contributed by atoms with Crippen molar-refractivity contribution in [2.45, 2.75) is 48.9 Å². The fourth-order valence-corrected chi connectivity index (χ4v) is 7.52. The summed E-state index contributed by atoms with van der Waals surface area (Å²) in [6.45, 7) is 5.04. The number of imidazole rings is 1. The number of aromatic nitrogens is 2. The quantitative estimate of drug-likeness (QED) is 0.0862. The van der Waals surface area contributed by atoms with Crippen LogP contribution in [0, 0.1) is 11.6 Å². The molecule has 1 aromatic heterocycles. The molecule has 13 heteroatoms. The van der Waals surface area contributed by atoms with Crippen molar-refractivity contribution in [3.63, 3.8) is 0 Å². The van der Waals surface area contributed by atoms with Gasteiger partial charge >= 0.3 is 0 Å². The van der Waals surface area contributed by atoms with Gasteiger partial charge in [-0.05, 0) is 54.1 Å². The maximum atomic E-state index is 15.4. The van der Waals surface area contributed by atoms with Gasteiger partial charge < -0.3 is 9.22 Å². The summed E-state index contributed by atoms with van der Waals surface area (Å²) in [4.78, 5) is 4.42. The molecule has 7 nitrogen and oxygen atoms in total. The van der Waals surface area contributed by atoms with Crippen molar-refractivity contribution < 1.29 is 26.4 Å². The highest BCUT2D eigenvalue weighted by Crippen LogP contribution is 2.40. The Kier molecular flexibility index (Phi) is 12.4. The standard InChI is InChI=1S/C32H37Cl2F2N4O3S2.CH4/c1-32(2,21-8-13-26(33)29(16-21)43-6)30-19-37-31(39(30)23-11-9-22(35)10-12-23)44-20-25-27(34)17-24(18-28(25)36)45(41,42)38-14-7-15-40(3,4)5;/h8-13,16-19,38H,7,14-15,20H2,1-6H3;1H4/q+1;. The minimum Gasteiger partial charge on any atom is -0.495 e. The number of methoxy groups -OCH3 is 1. The Bertz CT molecular complexity index is 1750. The monoisotopic (exact) mass is 713 g/mol. The first-order valence-electron chi connectivity index (χ1n) is 14.1. The van der Waals surface area contributed by atoms with Crippen LogP contribution in [0.3, 0.4) is 0 Å². The number of thioether (sulfide) groups is 1. The average molecular weight is 715 g/mol. The van der Waals surface area contributed by atoms with Crippen molar-refractivity contribution in [2.75, 3.05) is 41.3 Å². The zero-order valence-corrected chi connectivity index (χ0v) is 29.1. The zero-order valence-electron chi connectivity index (χ0n) is 26.0. The minimum atomic E-state index is -3.95. The lowest BCUT2D eigenvalue weighted by atomic mass is 9.81. The Morgan fingerprint density at radius 2 is 1.70 bits per heavy atom. The predicted octanol–water partition coefficient (Wildman–Crippen LogP) is 8.09. The van der Waals surface area contributed by atoms with E-state index in [9.17, 15) is 12.8 Å². The molecule has 0 saturated heterocycles. The van der Waals surface area contributed by atoms with Crippen molar-refractivity contribution in [1.82, 2.24) is 14.3 Å². The molecule has 0 aliphatic rings. The maximum absolute atomic E-state index is 15.4. The van der Waals surface area contributed by atoms with Gasteiger partial charge in [-0.2, -0.15) is 0 Å². The molecule has 3 aromatic carbocycles. The topological polar surface area (TPSA) is 73.2 Å². The summed E-state index contributed by atoms with van der Waals surface area (Å²) < 4.78 is 65.5. The summed E-state index contributed by atoms with van der Waals surface area (Å²) in [6.07, 6.45) is 2.35. The van der Waals surface area contributed by atoms with E-state index in [0.29, 0.717) is 32.5 Å². The molecule has 250 valence electrons. The van der Waals surface area contributed by atoms with Crippen LogP contribution in [0.5, 0.6) is 5.75 Å². The van der Waals surface area contributed by atoms with Gasteiger partial charge in [0.25, 0.3) is 0 Å². The number of rotatable bonds is 13. The smallest absolute Gasteiger partial charge is 0.240 e. The summed E-state index contributed by atoms with van der Waals surface area (Å²) in [7, 11) is 3.65. The van der Waals surface area contributed by atoms with E-state index < -0.39 is 21.3 Å². The third kappa shape index (κ3) is 8.81. The molecule has 0 fully saturated rings. The van der Waals surface area contributed by atoms with E-state index in [-0.39, 0.29) is 41.0 Å². The maximum Gasteiger partial charge on any atom is 0.240 e. The highest BCUT2D eigenvalue weighted by atomic mass is 35.5. The molecular weight excluding hydrogens is 673 g/mol. The van der Waals surface area contributed by atoms with Crippen LogP contribution in [0.25, 0.3) is 5.69 Å². The Morgan fingerprint density at radius 1 is 1.02 bits per heavy atom. The fourth-order valence-electron chi connectivity index (χ4n) is 4.77. The number of halogens is 4. The number of hydrogen-bond acceptors (Lipinski definition) is 5. The van der Waals surface area contributed by atoms with E-state index in [1.807, 2.05) is 51.7 Å². The molecule has 0 aliphatic heterocycles. The Balaban J connectivity index is 0.00000576. The number of quaternary nitrogens is 1. The van der Waals surface area contributed by atoms with Gasteiger partial charge in [0.1, 0.15) is 17.4 Å². The number of nitrogens with one attached hydrogen (secondary N) is 1. The highest BCUT2D eigenvalue weighted by molar-refractivity contribution is 7.98. The van der Waals surface area contributed by atoms with Crippen LogP contribution >= 0.6 is 35.0 Å². The van der Waals surface area contributed by atoms with Gasteiger partial charge in [-0.15, -0.1) is 0 Å². The van der Waals surface area contributed by atoms with Crippen molar-refractivity contribution in [3.8, 4) is 11.4 Å². The van der Waals surface area contributed by atoms with Crippen LogP contribution in [0.2, 0.25) is 10.0 Å². The van der Waals surface area contributed by atoms with E-state index in [2.05, 4.69) is 9.71 Å². The average Bonchev–Trinajstić information content (AvgIpc) is 3.39. The first-order chi connectivity index (χ1) is 21.0. The SMILES string of the molecule is C.COc1cc(C(C)(C)c2cnc(SCc3c(F)cc(S(=O)(=O)NCCC[N+](C)(C)C)cc3Cl)n2-c2ccc(F)cc2)ccc1Cl. The molecule has 0 unspecified atom stereocenters. The molecule has 0 saturated carbocycles. The summed E-state index contributed by atoms with van der Waals surface area (Å²) in [6, 6.07) is 13.8. The summed E-state index contributed by atoms with van der Waals surface area (Å²) in [5.41, 5.74) is 1.87. The Hall–Kier alpha value is -2.67. The molecular formula is C33H41Cl2F2N4O3S2+. The molecule has 0 atom stereocenters. The largest absolute Gasteiger partial charge is 0.495 e. The van der Waals surface area contributed by atoms with Crippen molar-refractivity contribution in [3.05, 3.63) is 99.3 Å². The van der Waals surface area contributed by atoms with Crippen molar-refractivity contribution >= 4 is 45.0 Å². The molecule has 4 aromatic rings. The van der Waals surface area contributed by atoms with Gasteiger partial charge in [-0.3, -0.25) is 4.57 Å². The first kappa shape index (κ1) is 37.8. The summed E-state index contributed by atoms with van der Waals surface area (Å²) >= 11 is 14.0. The molecule has 46 heavy (non-hydrogen) atoms. The van der Waals surface area contributed by atoms with Crippen molar-refractivity contribution in [2.24, 2.45) is 0 Å². The molecule has 0 aliphatic carbocycles. The van der Waals surface area contributed by atoms with Gasteiger partial charge in [-0.1, -0.05) is 62.3 Å². The lowest BCUT2D eigenvalue weighted by Crippen LogP contribution is -2.37. The van der Waals surface area contributed by atoms with Crippen LogP contribution in [-0.4, -0.2) is 63.8 Å². The van der Waals surface area contributed by atoms with E-state index in [4.69, 9.17) is 27.9 Å². The van der Waals surface area contributed by atoms with Gasteiger partial charge in [0.2, 0.25) is 10.0 Å². The Morgan fingerprint density at radius 3 is 2.30 bits per heavy atom. The second-order valence-corrected chi connectivity index (χ2v) is 15.7. The molecule has 0 bridgehead atoms. The summed E-state index contributed by atoms with van der Waals surface area (Å²) in [5, 5.41) is 0.980. The number of benzene rings is 3. The van der Waals surface area contributed by atoms with Crippen molar-refractivity contribution in [1.29, 1.82) is 0 Å². The van der Waals surface area contributed by atoms with Crippen LogP contribution in [0.15, 0.2) is 70.8 Å². The molecule has 1 heterocycles. The van der Waals surface area contributed by atoms with Crippen LogP contribution in [0.4, 0.5) is 8.78 Å². The zero-order chi connectivity index (χ0) is 33.2. The molecule has 0 amide bonds. The van der Waals surface area contributed by atoms with Gasteiger partial charge in [0, 0.05) is 40.4 Å². The van der Waals surface area contributed by atoms with Crippen LogP contribution < -0.4 is 9.46 Å². The lowest BCUT2D eigenvalue weighted by molar-refractivity contribution is -0.870. The molecule has 1 N–H and O–H groups in total. The van der Waals surface area contributed by atoms with Crippen LogP contribution in [-0.2, 0) is 21.2 Å². The second-order valence-electron chi connectivity index (χ2n) is 12.1. The van der Waals surface area contributed by atoms with Crippen LogP contribution in [0.1, 0.15) is 44.5 Å². The third-order valence-corrected chi connectivity index (χ3v) is 10.5. The van der Waals surface area contributed by atoms with E-state index in [0.717, 1.165) is 23.9 Å². The highest BCUT2D eigenvalue weighted by Gasteiger charge is 2.31. The number of ether oxygens (including phenoxy) is 1. The Labute approximate surface area is 285 Å². The first-order valence-corrected chi connectivity index (χ1v) is 17.3. The number of nitrogens with zero attached hydrogens (tertiary/aromatic N) is 3. The lowest BCUT2D eigenvalue weighted by Gasteiger charge is -2.28. The van der Waals surface area contributed by atoms with Gasteiger partial charge in [-0.25, -0.2) is 26.9 Å². The second kappa shape index (κ2) is 15.0. The number of sulfonamides is 1. The van der Waals surface area contributed by atoms with Gasteiger partial charge in [0.15, 0.2) is 5.16 Å².